The molecule has 2 rings (SSSR count). The Bertz CT molecular complexity index is 807. The van der Waals surface area contributed by atoms with Crippen molar-refractivity contribution < 1.29 is 34.8 Å². The third kappa shape index (κ3) is 10.3. The maximum absolute atomic E-state index is 10.7. The number of aliphatic hydroxyl groups excluding tert-OH is 2. The van der Waals surface area contributed by atoms with E-state index in [2.05, 4.69) is 6.92 Å². The van der Waals surface area contributed by atoms with Gasteiger partial charge in [-0.2, -0.15) is 0 Å². The van der Waals surface area contributed by atoms with Crippen LogP contribution in [0.3, 0.4) is 0 Å². The highest BCUT2D eigenvalue weighted by Crippen LogP contribution is 2.32. The zero-order valence-corrected chi connectivity index (χ0v) is 19.1. The van der Waals surface area contributed by atoms with Crippen molar-refractivity contribution in [3.05, 3.63) is 71.8 Å². The second-order valence-corrected chi connectivity index (χ2v) is 7.63. The van der Waals surface area contributed by atoms with Gasteiger partial charge in [0, 0.05) is 11.0 Å². The molecule has 0 saturated carbocycles. The van der Waals surface area contributed by atoms with Crippen LogP contribution in [-0.2, 0) is 4.79 Å². The number of benzene rings is 2. The molecule has 7 heteroatoms. The lowest BCUT2D eigenvalue weighted by Crippen LogP contribution is -2.39. The molecule has 0 aliphatic heterocycles. The Kier molecular flexibility index (Phi) is 13.5. The molecule has 0 heterocycles. The third-order valence-electron chi connectivity index (χ3n) is 5.23. The predicted octanol–water partition coefficient (Wildman–Crippen LogP) is 4.28. The number of carbonyl (C=O) groups excluding carboxylic acids is 1. The Hall–Kier alpha value is -3.03. The molecule has 0 aliphatic carbocycles. The van der Waals surface area contributed by atoms with E-state index < -0.39 is 29.9 Å². The number of hydrogen-bond acceptors (Lipinski definition) is 5. The molecule has 0 fully saturated rings. The van der Waals surface area contributed by atoms with Gasteiger partial charge in [-0.25, -0.2) is 9.59 Å². The normalized spacial score (nSPS) is 13.7. The van der Waals surface area contributed by atoms with E-state index in [0.29, 0.717) is 5.56 Å². The van der Waals surface area contributed by atoms with E-state index in [4.69, 9.17) is 10.2 Å². The number of Topliss-reactive ketones (excluding diaryl/α,β-unsaturated/α-hetero) is 1. The lowest BCUT2D eigenvalue weighted by atomic mass is 9.76. The molecule has 0 radical (unpaired) electrons. The molecule has 0 aliphatic rings. The molecule has 0 amide bonds. The first kappa shape index (κ1) is 29.0. The molecule has 4 N–H and O–H groups in total. The lowest BCUT2D eigenvalue weighted by molar-refractivity contribution is -0.131. The summed E-state index contributed by atoms with van der Waals surface area (Å²) in [6.45, 7) is 7.56. The maximum Gasteiger partial charge on any atom is 0.377 e. The van der Waals surface area contributed by atoms with Crippen LogP contribution in [0.5, 0.6) is 0 Å². The molecule has 176 valence electrons. The highest BCUT2D eigenvalue weighted by atomic mass is 16.4. The zero-order chi connectivity index (χ0) is 24.7. The fourth-order valence-corrected chi connectivity index (χ4v) is 2.62. The van der Waals surface area contributed by atoms with Crippen LogP contribution in [0.15, 0.2) is 60.7 Å². The van der Waals surface area contributed by atoms with Gasteiger partial charge in [0.1, 0.15) is 0 Å². The SMILES string of the molecule is CCCCC(C)(C(C)O)C(C)O.O=C(O)C(=O)c1ccccc1.O=C(O)c1ccccc1. The smallest absolute Gasteiger partial charge is 0.377 e. The Morgan fingerprint density at radius 1 is 0.812 bits per heavy atom. The molecular weight excluding hydrogens is 412 g/mol. The van der Waals surface area contributed by atoms with Crippen LogP contribution < -0.4 is 0 Å². The van der Waals surface area contributed by atoms with Crippen LogP contribution in [0.4, 0.5) is 0 Å². The first-order valence-corrected chi connectivity index (χ1v) is 10.4. The number of aromatic carboxylic acids is 1. The molecule has 0 saturated heterocycles. The van der Waals surface area contributed by atoms with Gasteiger partial charge in [-0.05, 0) is 32.4 Å². The number of aliphatic hydroxyl groups is 2. The van der Waals surface area contributed by atoms with Crippen molar-refractivity contribution in [3.8, 4) is 0 Å². The Morgan fingerprint density at radius 3 is 1.50 bits per heavy atom. The number of carboxylic acid groups (broad SMARTS) is 2. The second-order valence-electron chi connectivity index (χ2n) is 7.63. The van der Waals surface area contributed by atoms with Gasteiger partial charge < -0.3 is 20.4 Å². The summed E-state index contributed by atoms with van der Waals surface area (Å²) in [7, 11) is 0. The summed E-state index contributed by atoms with van der Waals surface area (Å²) >= 11 is 0. The number of ketones is 1. The van der Waals surface area contributed by atoms with Crippen LogP contribution in [0.2, 0.25) is 0 Å². The van der Waals surface area contributed by atoms with Crippen molar-refractivity contribution in [3.63, 3.8) is 0 Å². The standard InChI is InChI=1S/C10H22O2.C8H6O3.C7H6O2/c1-5-6-7-10(4,8(2)11)9(3)12;9-7(8(10)11)6-4-2-1-3-5-6;8-7(9)6-4-2-1-3-5-6/h8-9,11-12H,5-7H2,1-4H3;1-5H,(H,10,11);1-5H,(H,8,9). The number of carboxylic acids is 2. The average Bonchev–Trinajstić information content (AvgIpc) is 2.78. The molecule has 0 aromatic heterocycles. The van der Waals surface area contributed by atoms with Crippen LogP contribution in [0.1, 0.15) is 67.7 Å². The van der Waals surface area contributed by atoms with Crippen LogP contribution >= 0.6 is 0 Å². The number of rotatable bonds is 8. The number of carbonyl (C=O) groups is 3. The summed E-state index contributed by atoms with van der Waals surface area (Å²) in [5.74, 6) is -3.17. The monoisotopic (exact) mass is 446 g/mol. The third-order valence-corrected chi connectivity index (χ3v) is 5.23. The molecule has 2 unspecified atom stereocenters. The van der Waals surface area contributed by atoms with Crippen molar-refractivity contribution in [2.75, 3.05) is 0 Å². The van der Waals surface area contributed by atoms with Gasteiger partial charge in [0.25, 0.3) is 5.78 Å². The minimum atomic E-state index is -1.42. The van der Waals surface area contributed by atoms with E-state index >= 15 is 0 Å². The highest BCUT2D eigenvalue weighted by Gasteiger charge is 2.34. The Labute approximate surface area is 189 Å². The fourth-order valence-electron chi connectivity index (χ4n) is 2.62. The maximum atomic E-state index is 10.7. The van der Waals surface area contributed by atoms with Crippen LogP contribution in [0.25, 0.3) is 0 Å². The van der Waals surface area contributed by atoms with E-state index in [1.807, 2.05) is 6.92 Å². The van der Waals surface area contributed by atoms with Gasteiger partial charge in [-0.15, -0.1) is 0 Å². The van der Waals surface area contributed by atoms with Crippen LogP contribution in [-0.4, -0.2) is 50.4 Å². The van der Waals surface area contributed by atoms with E-state index in [1.165, 1.54) is 12.1 Å². The first-order chi connectivity index (χ1) is 15.0. The number of aliphatic carboxylic acids is 1. The molecule has 2 atom stereocenters. The summed E-state index contributed by atoms with van der Waals surface area (Å²) < 4.78 is 0. The van der Waals surface area contributed by atoms with Crippen molar-refractivity contribution in [1.82, 2.24) is 0 Å². The number of hydrogen-bond donors (Lipinski definition) is 4. The molecule has 32 heavy (non-hydrogen) atoms. The molecule has 7 nitrogen and oxygen atoms in total. The van der Waals surface area contributed by atoms with Gasteiger partial charge >= 0.3 is 11.9 Å². The molecule has 2 aromatic rings. The summed E-state index contributed by atoms with van der Waals surface area (Å²) in [5, 5.41) is 35.7. The molecule has 0 spiro atoms. The van der Waals surface area contributed by atoms with E-state index in [1.54, 1.807) is 62.4 Å². The summed E-state index contributed by atoms with van der Waals surface area (Å²) in [5.41, 5.74) is 0.202. The summed E-state index contributed by atoms with van der Waals surface area (Å²) in [4.78, 5) is 31.1. The van der Waals surface area contributed by atoms with E-state index in [-0.39, 0.29) is 11.0 Å². The van der Waals surface area contributed by atoms with Crippen molar-refractivity contribution in [2.24, 2.45) is 5.41 Å². The highest BCUT2D eigenvalue weighted by molar-refractivity contribution is 6.39. The second kappa shape index (κ2) is 14.9. The first-order valence-electron chi connectivity index (χ1n) is 10.4. The van der Waals surface area contributed by atoms with Gasteiger partial charge in [0.05, 0.1) is 17.8 Å². The number of unbranched alkanes of at least 4 members (excludes halogenated alkanes) is 1. The van der Waals surface area contributed by atoms with Gasteiger partial charge in [0.2, 0.25) is 0 Å². The van der Waals surface area contributed by atoms with Gasteiger partial charge in [0.15, 0.2) is 0 Å². The summed E-state index contributed by atoms with van der Waals surface area (Å²) in [6, 6.07) is 16.2. The predicted molar refractivity (Wildman–Crippen MR) is 123 cm³/mol. The zero-order valence-electron chi connectivity index (χ0n) is 19.1. The largest absolute Gasteiger partial charge is 0.478 e. The van der Waals surface area contributed by atoms with Crippen molar-refractivity contribution in [2.45, 2.75) is 59.2 Å². The lowest BCUT2D eigenvalue weighted by Gasteiger charge is -2.35. The van der Waals surface area contributed by atoms with Gasteiger partial charge in [-0.3, -0.25) is 4.79 Å². The Balaban J connectivity index is 0.000000454. The molecule has 2 aromatic carbocycles. The Morgan fingerprint density at radius 2 is 1.22 bits per heavy atom. The van der Waals surface area contributed by atoms with Crippen molar-refractivity contribution >= 4 is 17.7 Å². The van der Waals surface area contributed by atoms with Crippen molar-refractivity contribution in [1.29, 1.82) is 0 Å². The topological polar surface area (TPSA) is 132 Å². The molecule has 0 bridgehead atoms. The van der Waals surface area contributed by atoms with E-state index in [0.717, 1.165) is 19.3 Å². The van der Waals surface area contributed by atoms with E-state index in [9.17, 15) is 24.6 Å². The van der Waals surface area contributed by atoms with Gasteiger partial charge in [-0.1, -0.05) is 75.2 Å². The molecular formula is C25H34O7. The summed E-state index contributed by atoms with van der Waals surface area (Å²) in [6.07, 6.45) is 2.17. The average molecular weight is 447 g/mol. The quantitative estimate of drug-likeness (QED) is 0.351. The minimum absolute atomic E-state index is 0.208. The fraction of sp³-hybridized carbons (Fsp3) is 0.400. The minimum Gasteiger partial charge on any atom is -0.478 e. The van der Waals surface area contributed by atoms with Crippen LogP contribution in [0, 0.1) is 5.41 Å².